The van der Waals surface area contributed by atoms with E-state index < -0.39 is 77.3 Å². The lowest BCUT2D eigenvalue weighted by Crippen LogP contribution is -2.55. The van der Waals surface area contributed by atoms with Crippen LogP contribution in [0.4, 0.5) is 10.5 Å². The molecule has 0 bridgehead atoms. The Morgan fingerprint density at radius 2 is 1.51 bits per heavy atom. The van der Waals surface area contributed by atoms with Crippen molar-refractivity contribution < 1.29 is 57.6 Å². The van der Waals surface area contributed by atoms with Gasteiger partial charge in [0.15, 0.2) is 5.92 Å². The average molecular weight is 856 g/mol. The van der Waals surface area contributed by atoms with Crippen LogP contribution in [0.25, 0.3) is 0 Å². The number of phenolic OH excluding ortho intramolecular Hbond substituents is 1. The second-order valence-corrected chi connectivity index (χ2v) is 15.0. The van der Waals surface area contributed by atoms with Crippen molar-refractivity contribution in [3.8, 4) is 17.6 Å². The number of esters is 3. The average Bonchev–Trinajstić information content (AvgIpc) is 3.76. The first-order valence-corrected chi connectivity index (χ1v) is 20.1. The first-order valence-electron chi connectivity index (χ1n) is 20.1. The number of hydrogen-bond acceptors (Lipinski definition) is 13. The number of imide groups is 1. The lowest BCUT2D eigenvalue weighted by Gasteiger charge is -2.46. The summed E-state index contributed by atoms with van der Waals surface area (Å²) in [6.07, 6.45) is -0.843. The third kappa shape index (κ3) is 7.90. The maximum Gasteiger partial charge on any atom is 0.421 e. The third-order valence-electron chi connectivity index (χ3n) is 11.6. The number of phenols is 1. The van der Waals surface area contributed by atoms with Gasteiger partial charge in [0.2, 0.25) is 11.8 Å². The lowest BCUT2D eigenvalue weighted by molar-refractivity contribution is -0.178. The minimum absolute atomic E-state index is 0.0163. The van der Waals surface area contributed by atoms with Crippen LogP contribution in [0, 0.1) is 23.7 Å². The third-order valence-corrected chi connectivity index (χ3v) is 11.6. The fourth-order valence-electron chi connectivity index (χ4n) is 8.98. The first kappa shape index (κ1) is 43.8. The van der Waals surface area contributed by atoms with Crippen LogP contribution >= 0.6 is 0 Å². The van der Waals surface area contributed by atoms with Crippen molar-refractivity contribution in [1.29, 1.82) is 0 Å². The molecule has 63 heavy (non-hydrogen) atoms. The number of ether oxygens (including phenoxy) is 5. The number of rotatable bonds is 12. The van der Waals surface area contributed by atoms with Gasteiger partial charge in [-0.15, -0.1) is 6.58 Å². The maximum absolute atomic E-state index is 16.0. The molecule has 0 unspecified atom stereocenters. The largest absolute Gasteiger partial charge is 0.508 e. The van der Waals surface area contributed by atoms with E-state index in [1.165, 1.54) is 37.5 Å². The van der Waals surface area contributed by atoms with Crippen LogP contribution in [0.2, 0.25) is 0 Å². The number of fused-ring (bicyclic) bond motifs is 3. The first-order chi connectivity index (χ1) is 30.5. The predicted molar refractivity (Wildman–Crippen MR) is 225 cm³/mol. The van der Waals surface area contributed by atoms with Crippen molar-refractivity contribution in [1.82, 2.24) is 10.2 Å². The minimum atomic E-state index is -2.11. The summed E-state index contributed by atoms with van der Waals surface area (Å²) in [5, 5.41) is 13.4. The number of nitrogens with zero attached hydrogens (tertiary/aromatic N) is 2. The molecule has 3 aliphatic heterocycles. The summed E-state index contributed by atoms with van der Waals surface area (Å²) in [7, 11) is 3.70. The Hall–Kier alpha value is -7.28. The molecule has 7 rings (SSSR count). The molecule has 324 valence electrons. The number of carbonyl (C=O) groups excluding carboxylic acids is 6. The number of methoxy groups -OCH3 is 3. The molecule has 3 aliphatic rings. The van der Waals surface area contributed by atoms with Crippen LogP contribution in [0.15, 0.2) is 116 Å². The molecule has 3 heterocycles. The van der Waals surface area contributed by atoms with Gasteiger partial charge in [-0.2, -0.15) is 0 Å². The van der Waals surface area contributed by atoms with E-state index in [2.05, 4.69) is 23.7 Å². The van der Waals surface area contributed by atoms with Gasteiger partial charge in [-0.25, -0.2) is 9.69 Å². The number of nitrogens with one attached hydrogen (secondary N) is 1. The summed E-state index contributed by atoms with van der Waals surface area (Å²) < 4.78 is 26.7. The van der Waals surface area contributed by atoms with Gasteiger partial charge in [-0.05, 0) is 52.6 Å². The fraction of sp³-hybridized carbons (Fsp3) is 0.292. The Kier molecular flexibility index (Phi) is 13.0. The van der Waals surface area contributed by atoms with Gasteiger partial charge in [0.25, 0.3) is 0 Å². The summed E-state index contributed by atoms with van der Waals surface area (Å²) in [4.78, 5) is 88.0. The van der Waals surface area contributed by atoms with E-state index in [4.69, 9.17) is 23.7 Å². The molecule has 0 saturated carbocycles. The number of carbonyl (C=O) groups is 6. The summed E-state index contributed by atoms with van der Waals surface area (Å²) in [5.74, 6) is -1.28. The molecule has 4 aromatic carbocycles. The van der Waals surface area contributed by atoms with Crippen molar-refractivity contribution in [2.45, 2.75) is 36.1 Å². The molecular weight excluding hydrogens is 811 g/mol. The van der Waals surface area contributed by atoms with Crippen molar-refractivity contribution in [3.05, 3.63) is 144 Å². The zero-order valence-electron chi connectivity index (χ0n) is 34.7. The molecule has 4 aromatic rings. The van der Waals surface area contributed by atoms with E-state index >= 15 is 14.4 Å². The summed E-state index contributed by atoms with van der Waals surface area (Å²) >= 11 is 0. The molecular formula is C48H45N3O12. The monoisotopic (exact) mass is 855 g/mol. The topological polar surface area (TPSA) is 187 Å². The SMILES string of the molecule is C=CCNC(=O)[C@@H]1[C@H]2C(=O)O[C@H](c3ccccc3)[C@H](c3ccccc3)N2[C@H](c2ccc(O)cc2)[C@@]12C(=O)N(C(=O)OCCOC)c1ccc(C#CCC(C(=O)OC)C(=O)OC)cc12. The maximum atomic E-state index is 16.0. The van der Waals surface area contributed by atoms with Crippen LogP contribution in [-0.2, 0) is 53.1 Å². The van der Waals surface area contributed by atoms with Gasteiger partial charge < -0.3 is 34.1 Å². The number of benzene rings is 4. The minimum Gasteiger partial charge on any atom is -0.508 e. The van der Waals surface area contributed by atoms with E-state index in [0.717, 1.165) is 19.1 Å². The van der Waals surface area contributed by atoms with E-state index in [-0.39, 0.29) is 48.7 Å². The molecule has 2 saturated heterocycles. The van der Waals surface area contributed by atoms with E-state index in [0.29, 0.717) is 16.7 Å². The highest BCUT2D eigenvalue weighted by atomic mass is 16.6. The van der Waals surface area contributed by atoms with Crippen molar-refractivity contribution in [2.75, 3.05) is 46.0 Å². The number of amides is 3. The summed E-state index contributed by atoms with van der Waals surface area (Å²) in [6, 6.07) is 25.6. The number of morpholine rings is 1. The van der Waals surface area contributed by atoms with E-state index in [1.807, 2.05) is 65.6 Å². The second kappa shape index (κ2) is 18.8. The molecule has 0 aromatic heterocycles. The van der Waals surface area contributed by atoms with Crippen molar-refractivity contribution in [3.63, 3.8) is 0 Å². The Morgan fingerprint density at radius 3 is 2.13 bits per heavy atom. The molecule has 1 spiro atoms. The fourth-order valence-corrected chi connectivity index (χ4v) is 8.98. The smallest absolute Gasteiger partial charge is 0.421 e. The van der Waals surface area contributed by atoms with Gasteiger partial charge in [-0.3, -0.25) is 28.9 Å². The van der Waals surface area contributed by atoms with E-state index in [9.17, 15) is 19.5 Å². The Morgan fingerprint density at radius 1 is 0.857 bits per heavy atom. The highest BCUT2D eigenvalue weighted by Crippen LogP contribution is 2.66. The Bertz CT molecular complexity index is 2450. The molecule has 0 aliphatic carbocycles. The van der Waals surface area contributed by atoms with Crippen LogP contribution in [0.5, 0.6) is 5.75 Å². The molecule has 3 amide bonds. The predicted octanol–water partition coefficient (Wildman–Crippen LogP) is 4.85. The number of hydrogen-bond donors (Lipinski definition) is 2. The van der Waals surface area contributed by atoms with Gasteiger partial charge in [0.05, 0.1) is 44.5 Å². The standard InChI is InChI=1S/C48H45N3O12/c1-5-25-49-42(53)37-39-45(56)63-40(31-16-10-7-11-17-31)38(30-14-8-6-9-15-30)51(39)41(32-20-22-33(52)23-21-32)48(37)35-28-29(13-12-18-34(43(54)60-3)44(55)61-4)19-24-36(35)50(46(48)57)47(58)62-27-26-59-2/h5-11,14-17,19-24,28,34,37-41,52H,1,18,25-27H2,2-4H3,(H,49,53)/t37-,38-,39-,40+,41+,48-/m0/s1. The number of anilines is 1. The number of cyclic esters (lactones) is 1. The molecule has 0 radical (unpaired) electrons. The lowest BCUT2D eigenvalue weighted by atomic mass is 9.65. The Balaban J connectivity index is 1.54. The zero-order chi connectivity index (χ0) is 44.8. The molecule has 2 N–H and O–H groups in total. The van der Waals surface area contributed by atoms with Crippen LogP contribution in [0.3, 0.4) is 0 Å². The normalized spacial score (nSPS) is 22.3. The molecule has 15 nitrogen and oxygen atoms in total. The highest BCUT2D eigenvalue weighted by molar-refractivity contribution is 6.23. The van der Waals surface area contributed by atoms with Crippen LogP contribution in [0.1, 0.15) is 52.4 Å². The van der Waals surface area contributed by atoms with Gasteiger partial charge in [0.1, 0.15) is 29.9 Å². The summed E-state index contributed by atoms with van der Waals surface area (Å²) in [5.41, 5.74) is 0.135. The second-order valence-electron chi connectivity index (χ2n) is 15.0. The van der Waals surface area contributed by atoms with Gasteiger partial charge in [-0.1, -0.05) is 90.7 Å². The molecule has 2 fully saturated rings. The zero-order valence-corrected chi connectivity index (χ0v) is 34.7. The van der Waals surface area contributed by atoms with Crippen LogP contribution < -0.4 is 10.2 Å². The van der Waals surface area contributed by atoms with Crippen molar-refractivity contribution in [2.24, 2.45) is 11.8 Å². The summed E-state index contributed by atoms with van der Waals surface area (Å²) in [6.45, 7) is 3.52. The van der Waals surface area contributed by atoms with E-state index in [1.54, 1.807) is 18.2 Å². The van der Waals surface area contributed by atoms with Crippen LogP contribution in [-0.4, -0.2) is 93.0 Å². The Labute approximate surface area is 363 Å². The quantitative estimate of drug-likeness (QED) is 0.0493. The number of aromatic hydroxyl groups is 1. The molecule has 15 heteroatoms. The molecule has 6 atom stereocenters. The van der Waals surface area contributed by atoms with Gasteiger partial charge >= 0.3 is 24.0 Å². The van der Waals surface area contributed by atoms with Gasteiger partial charge in [0, 0.05) is 25.6 Å². The highest BCUT2D eigenvalue weighted by Gasteiger charge is 2.75. The van der Waals surface area contributed by atoms with Crippen molar-refractivity contribution >= 4 is 41.5 Å².